The van der Waals surface area contributed by atoms with Crippen LogP contribution in [-0.2, 0) is 6.18 Å². The van der Waals surface area contributed by atoms with Crippen LogP contribution in [0.3, 0.4) is 0 Å². The average molecular weight is 266 g/mol. The summed E-state index contributed by atoms with van der Waals surface area (Å²) >= 11 is 0.372. The van der Waals surface area contributed by atoms with Crippen molar-refractivity contribution in [2.45, 2.75) is 38.4 Å². The highest BCUT2D eigenvalue weighted by Gasteiger charge is 2.35. The first-order valence-corrected chi connectivity index (χ1v) is 5.76. The van der Waals surface area contributed by atoms with Crippen molar-refractivity contribution in [3.05, 3.63) is 16.1 Å². The SMILES string of the molecule is CC(C)(N)CCC(=O)c1cnc(C(F)(F)F)s1. The van der Waals surface area contributed by atoms with Crippen LogP contribution in [0.4, 0.5) is 13.2 Å². The predicted molar refractivity (Wildman–Crippen MR) is 58.9 cm³/mol. The summed E-state index contributed by atoms with van der Waals surface area (Å²) in [6.45, 7) is 3.52. The van der Waals surface area contributed by atoms with E-state index in [0.29, 0.717) is 17.8 Å². The maximum absolute atomic E-state index is 12.3. The van der Waals surface area contributed by atoms with Crippen molar-refractivity contribution in [3.63, 3.8) is 0 Å². The van der Waals surface area contributed by atoms with E-state index in [0.717, 1.165) is 6.20 Å². The molecule has 1 aromatic heterocycles. The second kappa shape index (κ2) is 4.73. The van der Waals surface area contributed by atoms with Crippen LogP contribution in [0, 0.1) is 0 Å². The highest BCUT2D eigenvalue weighted by molar-refractivity contribution is 7.13. The number of carbonyl (C=O) groups excluding carboxylic acids is 1. The van der Waals surface area contributed by atoms with E-state index < -0.39 is 16.7 Å². The lowest BCUT2D eigenvalue weighted by molar-refractivity contribution is -0.137. The molecule has 0 spiro atoms. The zero-order valence-electron chi connectivity index (χ0n) is 9.47. The maximum Gasteiger partial charge on any atom is 0.443 e. The zero-order valence-corrected chi connectivity index (χ0v) is 10.3. The lowest BCUT2D eigenvalue weighted by Gasteiger charge is -2.16. The summed E-state index contributed by atoms with van der Waals surface area (Å²) < 4.78 is 36.8. The summed E-state index contributed by atoms with van der Waals surface area (Å²) in [5.74, 6) is -0.350. The number of halogens is 3. The van der Waals surface area contributed by atoms with Gasteiger partial charge in [-0.2, -0.15) is 13.2 Å². The monoisotopic (exact) mass is 266 g/mol. The van der Waals surface area contributed by atoms with Gasteiger partial charge in [-0.25, -0.2) is 4.98 Å². The van der Waals surface area contributed by atoms with E-state index in [1.807, 2.05) is 0 Å². The molecule has 0 saturated heterocycles. The van der Waals surface area contributed by atoms with Crippen LogP contribution < -0.4 is 5.73 Å². The molecule has 0 saturated carbocycles. The van der Waals surface area contributed by atoms with Gasteiger partial charge >= 0.3 is 6.18 Å². The summed E-state index contributed by atoms with van der Waals surface area (Å²) in [6.07, 6.45) is -2.97. The van der Waals surface area contributed by atoms with Gasteiger partial charge in [0.05, 0.1) is 4.88 Å². The van der Waals surface area contributed by atoms with Crippen LogP contribution in [0.1, 0.15) is 41.4 Å². The molecule has 0 bridgehead atoms. The first-order valence-electron chi connectivity index (χ1n) is 4.95. The van der Waals surface area contributed by atoms with Crippen LogP contribution in [-0.4, -0.2) is 16.3 Å². The third kappa shape index (κ3) is 4.43. The molecular weight excluding hydrogens is 253 g/mol. The molecule has 0 aliphatic rings. The molecule has 0 radical (unpaired) electrons. The normalized spacial score (nSPS) is 12.8. The summed E-state index contributed by atoms with van der Waals surface area (Å²) in [5, 5.41) is -0.993. The van der Waals surface area contributed by atoms with Gasteiger partial charge in [-0.1, -0.05) is 0 Å². The minimum Gasteiger partial charge on any atom is -0.326 e. The smallest absolute Gasteiger partial charge is 0.326 e. The fourth-order valence-corrected chi connectivity index (χ4v) is 1.84. The summed E-state index contributed by atoms with van der Waals surface area (Å²) in [4.78, 5) is 14.8. The third-order valence-electron chi connectivity index (χ3n) is 2.02. The van der Waals surface area contributed by atoms with Crippen LogP contribution in [0.25, 0.3) is 0 Å². The molecule has 0 atom stereocenters. The standard InChI is InChI=1S/C10H13F3N2OS/c1-9(2,14)4-3-6(16)7-5-15-8(17-7)10(11,12)13/h5H,3-4,14H2,1-2H3. The molecule has 3 nitrogen and oxygen atoms in total. The fourth-order valence-electron chi connectivity index (χ4n) is 1.09. The Kier molecular flexibility index (Phi) is 3.93. The minimum absolute atomic E-state index is 0.0292. The number of alkyl halides is 3. The largest absolute Gasteiger partial charge is 0.443 e. The number of aromatic nitrogens is 1. The molecule has 0 aromatic carbocycles. The number of nitrogens with zero attached hydrogens (tertiary/aromatic N) is 1. The molecule has 17 heavy (non-hydrogen) atoms. The van der Waals surface area contributed by atoms with Gasteiger partial charge in [0.25, 0.3) is 0 Å². The molecule has 0 aliphatic carbocycles. The van der Waals surface area contributed by atoms with E-state index in [9.17, 15) is 18.0 Å². The Hall–Kier alpha value is -0.950. The number of hydrogen-bond donors (Lipinski definition) is 1. The number of thiazole rings is 1. The lowest BCUT2D eigenvalue weighted by Crippen LogP contribution is -2.32. The van der Waals surface area contributed by atoms with Gasteiger partial charge < -0.3 is 5.73 Å². The van der Waals surface area contributed by atoms with E-state index >= 15 is 0 Å². The second-order valence-corrected chi connectivity index (χ2v) is 5.47. The van der Waals surface area contributed by atoms with E-state index in [2.05, 4.69) is 4.98 Å². The number of Topliss-reactive ketones (excluding diaryl/α,β-unsaturated/α-hetero) is 1. The van der Waals surface area contributed by atoms with E-state index in [1.165, 1.54) is 0 Å². The molecule has 1 rings (SSSR count). The maximum atomic E-state index is 12.3. The van der Waals surface area contributed by atoms with Crippen molar-refractivity contribution in [2.75, 3.05) is 0 Å². The van der Waals surface area contributed by atoms with Gasteiger partial charge in [-0.3, -0.25) is 4.79 Å². The number of carbonyl (C=O) groups is 1. The molecule has 0 amide bonds. The van der Waals surface area contributed by atoms with Crippen molar-refractivity contribution in [2.24, 2.45) is 5.73 Å². The van der Waals surface area contributed by atoms with Crippen molar-refractivity contribution in [1.29, 1.82) is 0 Å². The molecule has 0 unspecified atom stereocenters. The highest BCUT2D eigenvalue weighted by Crippen LogP contribution is 2.32. The molecule has 0 fully saturated rings. The summed E-state index contributed by atoms with van der Waals surface area (Å²) in [7, 11) is 0. The van der Waals surface area contributed by atoms with E-state index in [1.54, 1.807) is 13.8 Å². The molecule has 1 aromatic rings. The van der Waals surface area contributed by atoms with Crippen molar-refractivity contribution in [1.82, 2.24) is 4.98 Å². The van der Waals surface area contributed by atoms with Crippen molar-refractivity contribution >= 4 is 17.1 Å². The first kappa shape index (κ1) is 14.1. The fraction of sp³-hybridized carbons (Fsp3) is 0.600. The highest BCUT2D eigenvalue weighted by atomic mass is 32.1. The van der Waals surface area contributed by atoms with Crippen LogP contribution in [0.15, 0.2) is 6.20 Å². The number of hydrogen-bond acceptors (Lipinski definition) is 4. The van der Waals surface area contributed by atoms with E-state index in [-0.39, 0.29) is 17.1 Å². The summed E-state index contributed by atoms with van der Waals surface area (Å²) in [6, 6.07) is 0. The van der Waals surface area contributed by atoms with Crippen LogP contribution in [0.2, 0.25) is 0 Å². The molecular formula is C10H13F3N2OS. The minimum atomic E-state index is -4.49. The molecule has 2 N–H and O–H groups in total. The molecule has 7 heteroatoms. The molecule has 96 valence electrons. The number of ketones is 1. The first-order chi connectivity index (χ1) is 7.59. The van der Waals surface area contributed by atoms with Crippen LogP contribution in [0.5, 0.6) is 0 Å². The Balaban J connectivity index is 2.68. The number of rotatable bonds is 4. The second-order valence-electron chi connectivity index (χ2n) is 4.44. The Labute approximate surface area is 101 Å². The van der Waals surface area contributed by atoms with Crippen molar-refractivity contribution < 1.29 is 18.0 Å². The van der Waals surface area contributed by atoms with Crippen LogP contribution >= 0.6 is 11.3 Å². The Morgan fingerprint density at radius 3 is 2.47 bits per heavy atom. The van der Waals surface area contributed by atoms with Gasteiger partial charge in [-0.05, 0) is 20.3 Å². The predicted octanol–water partition coefficient (Wildman–Crippen LogP) is 2.86. The third-order valence-corrected chi connectivity index (χ3v) is 3.10. The van der Waals surface area contributed by atoms with Crippen molar-refractivity contribution in [3.8, 4) is 0 Å². The Morgan fingerprint density at radius 2 is 2.06 bits per heavy atom. The average Bonchev–Trinajstić information content (AvgIpc) is 2.60. The van der Waals surface area contributed by atoms with Gasteiger partial charge in [0, 0.05) is 18.2 Å². The lowest BCUT2D eigenvalue weighted by atomic mass is 9.98. The Bertz CT molecular complexity index is 406. The topological polar surface area (TPSA) is 56.0 Å². The quantitative estimate of drug-likeness (QED) is 0.852. The Morgan fingerprint density at radius 1 is 1.47 bits per heavy atom. The van der Waals surface area contributed by atoms with E-state index in [4.69, 9.17) is 5.73 Å². The van der Waals surface area contributed by atoms with Gasteiger partial charge in [0.2, 0.25) is 0 Å². The van der Waals surface area contributed by atoms with Gasteiger partial charge in [0.1, 0.15) is 0 Å². The molecule has 1 heterocycles. The zero-order chi connectivity index (χ0) is 13.3. The summed E-state index contributed by atoms with van der Waals surface area (Å²) in [5.41, 5.74) is 5.19. The number of nitrogens with two attached hydrogens (primary N) is 1. The van der Waals surface area contributed by atoms with Gasteiger partial charge in [0.15, 0.2) is 10.8 Å². The molecule has 0 aliphatic heterocycles. The van der Waals surface area contributed by atoms with Gasteiger partial charge in [-0.15, -0.1) is 11.3 Å².